The summed E-state index contributed by atoms with van der Waals surface area (Å²) in [5, 5.41) is 2.25. The summed E-state index contributed by atoms with van der Waals surface area (Å²) < 4.78 is 51.3. The van der Waals surface area contributed by atoms with Gasteiger partial charge in [-0.15, -0.1) is 0 Å². The van der Waals surface area contributed by atoms with E-state index in [9.17, 15) is 17.6 Å². The predicted octanol–water partition coefficient (Wildman–Crippen LogP) is 1.78. The SMILES string of the molecule is FC1(F)CNC2(CCC2)C1(F)F. The van der Waals surface area contributed by atoms with Crippen LogP contribution in [0.5, 0.6) is 0 Å². The molecule has 70 valence electrons. The maximum atomic E-state index is 13.0. The smallest absolute Gasteiger partial charge is 0.300 e. The molecule has 1 nitrogen and oxygen atoms in total. The Morgan fingerprint density at radius 3 is 1.75 bits per heavy atom. The molecule has 2 rings (SSSR count). The molecule has 0 unspecified atom stereocenters. The number of hydrogen-bond acceptors (Lipinski definition) is 1. The van der Waals surface area contributed by atoms with E-state index in [1.807, 2.05) is 0 Å². The van der Waals surface area contributed by atoms with E-state index in [2.05, 4.69) is 5.32 Å². The molecular formula is C7H9F4N. The van der Waals surface area contributed by atoms with Gasteiger partial charge >= 0.3 is 11.8 Å². The van der Waals surface area contributed by atoms with E-state index in [0.29, 0.717) is 6.42 Å². The van der Waals surface area contributed by atoms with E-state index in [1.54, 1.807) is 0 Å². The van der Waals surface area contributed by atoms with Crippen LogP contribution >= 0.6 is 0 Å². The zero-order chi connectivity index (χ0) is 9.04. The monoisotopic (exact) mass is 183 g/mol. The van der Waals surface area contributed by atoms with Crippen molar-refractivity contribution in [3.8, 4) is 0 Å². The van der Waals surface area contributed by atoms with E-state index in [1.165, 1.54) is 0 Å². The Morgan fingerprint density at radius 2 is 1.58 bits per heavy atom. The Hall–Kier alpha value is -0.320. The average Bonchev–Trinajstić information content (AvgIpc) is 1.99. The summed E-state index contributed by atoms with van der Waals surface area (Å²) >= 11 is 0. The van der Waals surface area contributed by atoms with E-state index < -0.39 is 23.9 Å². The van der Waals surface area contributed by atoms with E-state index in [0.717, 1.165) is 0 Å². The molecule has 1 spiro atoms. The van der Waals surface area contributed by atoms with Crippen molar-refractivity contribution in [1.82, 2.24) is 5.32 Å². The van der Waals surface area contributed by atoms with Gasteiger partial charge in [0.25, 0.3) is 0 Å². The van der Waals surface area contributed by atoms with Crippen LogP contribution in [0.15, 0.2) is 0 Å². The van der Waals surface area contributed by atoms with Crippen LogP contribution in [-0.4, -0.2) is 23.9 Å². The Labute approximate surface area is 67.1 Å². The zero-order valence-corrected chi connectivity index (χ0v) is 6.34. The average molecular weight is 183 g/mol. The molecular weight excluding hydrogens is 174 g/mol. The van der Waals surface area contributed by atoms with Crippen molar-refractivity contribution in [2.75, 3.05) is 6.54 Å². The fourth-order valence-corrected chi connectivity index (χ4v) is 1.87. The Kier molecular flexibility index (Phi) is 1.34. The number of alkyl halides is 4. The van der Waals surface area contributed by atoms with Gasteiger partial charge in [0, 0.05) is 0 Å². The Balaban J connectivity index is 2.31. The molecule has 1 N–H and O–H groups in total. The molecule has 2 aliphatic rings. The number of rotatable bonds is 0. The van der Waals surface area contributed by atoms with Gasteiger partial charge in [-0.3, -0.25) is 5.32 Å². The Bertz CT molecular complexity index is 209. The minimum absolute atomic E-state index is 0.162. The van der Waals surface area contributed by atoms with Crippen molar-refractivity contribution in [1.29, 1.82) is 0 Å². The first-order valence-corrected chi connectivity index (χ1v) is 3.92. The molecule has 1 aliphatic heterocycles. The van der Waals surface area contributed by atoms with Gasteiger partial charge in [-0.1, -0.05) is 0 Å². The van der Waals surface area contributed by atoms with Crippen molar-refractivity contribution in [2.24, 2.45) is 0 Å². The van der Waals surface area contributed by atoms with Crippen LogP contribution in [0.2, 0.25) is 0 Å². The van der Waals surface area contributed by atoms with Gasteiger partial charge < -0.3 is 0 Å². The quantitative estimate of drug-likeness (QED) is 0.564. The molecule has 0 aromatic heterocycles. The molecule has 5 heteroatoms. The second-order valence-corrected chi connectivity index (χ2v) is 3.57. The topological polar surface area (TPSA) is 12.0 Å². The number of halogens is 4. The molecule has 1 saturated heterocycles. The van der Waals surface area contributed by atoms with Crippen molar-refractivity contribution in [3.05, 3.63) is 0 Å². The highest BCUT2D eigenvalue weighted by atomic mass is 19.3. The minimum atomic E-state index is -3.87. The van der Waals surface area contributed by atoms with Crippen LogP contribution in [-0.2, 0) is 0 Å². The van der Waals surface area contributed by atoms with E-state index >= 15 is 0 Å². The van der Waals surface area contributed by atoms with Crippen molar-refractivity contribution in [2.45, 2.75) is 36.6 Å². The van der Waals surface area contributed by atoms with Crippen molar-refractivity contribution >= 4 is 0 Å². The van der Waals surface area contributed by atoms with Crippen LogP contribution in [0.1, 0.15) is 19.3 Å². The molecule has 12 heavy (non-hydrogen) atoms. The fourth-order valence-electron chi connectivity index (χ4n) is 1.87. The third-order valence-electron chi connectivity index (χ3n) is 2.92. The maximum Gasteiger partial charge on any atom is 0.329 e. The van der Waals surface area contributed by atoms with Crippen molar-refractivity contribution in [3.63, 3.8) is 0 Å². The molecule has 0 radical (unpaired) electrons. The molecule has 2 fully saturated rings. The fraction of sp³-hybridized carbons (Fsp3) is 1.00. The summed E-state index contributed by atoms with van der Waals surface area (Å²) in [6, 6.07) is 0. The summed E-state index contributed by atoms with van der Waals surface area (Å²) in [5.41, 5.74) is -1.59. The van der Waals surface area contributed by atoms with Gasteiger partial charge in [-0.2, -0.15) is 17.6 Å². The summed E-state index contributed by atoms with van der Waals surface area (Å²) in [4.78, 5) is 0. The lowest BCUT2D eigenvalue weighted by Crippen LogP contribution is -2.60. The van der Waals surface area contributed by atoms with Crippen LogP contribution in [0.3, 0.4) is 0 Å². The van der Waals surface area contributed by atoms with E-state index in [-0.39, 0.29) is 12.8 Å². The maximum absolute atomic E-state index is 13.0. The third kappa shape index (κ3) is 0.683. The highest BCUT2D eigenvalue weighted by Gasteiger charge is 2.74. The molecule has 1 saturated carbocycles. The third-order valence-corrected chi connectivity index (χ3v) is 2.92. The molecule has 0 aromatic rings. The van der Waals surface area contributed by atoms with Gasteiger partial charge in [-0.25, -0.2) is 0 Å². The molecule has 1 aliphatic carbocycles. The van der Waals surface area contributed by atoms with Gasteiger partial charge in [0.15, 0.2) is 0 Å². The Morgan fingerprint density at radius 1 is 1.00 bits per heavy atom. The minimum Gasteiger partial charge on any atom is -0.300 e. The van der Waals surface area contributed by atoms with E-state index in [4.69, 9.17) is 0 Å². The van der Waals surface area contributed by atoms with Gasteiger partial charge in [-0.05, 0) is 19.3 Å². The summed E-state index contributed by atoms with van der Waals surface area (Å²) in [6.07, 6.45) is 0.934. The number of hydrogen-bond donors (Lipinski definition) is 1. The molecule has 0 aromatic carbocycles. The van der Waals surface area contributed by atoms with Gasteiger partial charge in [0.1, 0.15) is 0 Å². The predicted molar refractivity (Wildman–Crippen MR) is 34.5 cm³/mol. The molecule has 0 amide bonds. The largest absolute Gasteiger partial charge is 0.329 e. The lowest BCUT2D eigenvalue weighted by atomic mass is 9.73. The summed E-state index contributed by atoms with van der Waals surface area (Å²) in [6.45, 7) is -0.889. The molecule has 1 heterocycles. The van der Waals surface area contributed by atoms with Crippen LogP contribution < -0.4 is 5.32 Å². The molecule has 0 bridgehead atoms. The first-order valence-electron chi connectivity index (χ1n) is 3.92. The highest BCUT2D eigenvalue weighted by molar-refractivity contribution is 5.17. The number of nitrogens with one attached hydrogen (secondary N) is 1. The van der Waals surface area contributed by atoms with Crippen LogP contribution in [0.4, 0.5) is 17.6 Å². The lowest BCUT2D eigenvalue weighted by molar-refractivity contribution is -0.219. The molecule has 0 atom stereocenters. The first kappa shape index (κ1) is 8.29. The van der Waals surface area contributed by atoms with Crippen LogP contribution in [0.25, 0.3) is 0 Å². The second-order valence-electron chi connectivity index (χ2n) is 3.57. The van der Waals surface area contributed by atoms with Gasteiger partial charge in [0.2, 0.25) is 0 Å². The lowest BCUT2D eigenvalue weighted by Gasteiger charge is -2.43. The second kappa shape index (κ2) is 1.95. The standard InChI is InChI=1S/C7H9F4N/c8-6(9)4-12-5(2-1-3-5)7(6,10)11/h12H,1-4H2. The normalized spacial score (nSPS) is 35.0. The zero-order valence-electron chi connectivity index (χ0n) is 6.34. The van der Waals surface area contributed by atoms with Crippen molar-refractivity contribution < 1.29 is 17.6 Å². The first-order chi connectivity index (χ1) is 5.41. The van der Waals surface area contributed by atoms with Gasteiger partial charge in [0.05, 0.1) is 12.1 Å². The summed E-state index contributed by atoms with van der Waals surface area (Å²) in [5.74, 6) is -7.73. The summed E-state index contributed by atoms with van der Waals surface area (Å²) in [7, 11) is 0. The highest BCUT2D eigenvalue weighted by Crippen LogP contribution is 2.55. The van der Waals surface area contributed by atoms with Crippen LogP contribution in [0, 0.1) is 0 Å².